The number of hydrogen-bond donors (Lipinski definition) is 4. The smallest absolute Gasteiger partial charge is 0.325 e. The average molecular weight is 422 g/mol. The van der Waals surface area contributed by atoms with Crippen molar-refractivity contribution in [3.63, 3.8) is 0 Å². The zero-order valence-corrected chi connectivity index (χ0v) is 16.9. The molecule has 0 radical (unpaired) electrons. The summed E-state index contributed by atoms with van der Waals surface area (Å²) in [5, 5.41) is 11.0. The van der Waals surface area contributed by atoms with Crippen LogP contribution in [0.25, 0.3) is 0 Å². The molecule has 1 aromatic rings. The summed E-state index contributed by atoms with van der Waals surface area (Å²) in [5.41, 5.74) is 0.222. The Hall–Kier alpha value is -2.81. The molecule has 6 amide bonds. The molecule has 0 atom stereocenters. The van der Waals surface area contributed by atoms with E-state index >= 15 is 0 Å². The number of halogens is 1. The topological polar surface area (TPSA) is 120 Å². The van der Waals surface area contributed by atoms with Gasteiger partial charge in [0.25, 0.3) is 5.91 Å². The maximum Gasteiger partial charge on any atom is 0.325 e. The van der Waals surface area contributed by atoms with Gasteiger partial charge in [-0.25, -0.2) is 9.59 Å². The number of urea groups is 2. The lowest BCUT2D eigenvalue weighted by molar-refractivity contribution is -0.131. The first kappa shape index (κ1) is 20.9. The molecule has 156 valence electrons. The van der Waals surface area contributed by atoms with E-state index in [0.717, 1.165) is 12.8 Å². The lowest BCUT2D eigenvalue weighted by Gasteiger charge is -2.20. The van der Waals surface area contributed by atoms with Crippen LogP contribution < -0.4 is 21.3 Å². The highest BCUT2D eigenvalue weighted by molar-refractivity contribution is 6.34. The summed E-state index contributed by atoms with van der Waals surface area (Å²) >= 11 is 6.11. The molecule has 1 saturated heterocycles. The fourth-order valence-corrected chi connectivity index (χ4v) is 3.93. The summed E-state index contributed by atoms with van der Waals surface area (Å²) in [6, 6.07) is 3.94. The van der Waals surface area contributed by atoms with E-state index in [-0.39, 0.29) is 36.0 Å². The number of nitrogens with zero attached hydrogens (tertiary/aromatic N) is 1. The van der Waals surface area contributed by atoms with Crippen molar-refractivity contribution in [3.8, 4) is 0 Å². The Morgan fingerprint density at radius 2 is 1.93 bits per heavy atom. The number of rotatable bonds is 6. The van der Waals surface area contributed by atoms with Crippen LogP contribution >= 0.6 is 11.6 Å². The maximum atomic E-state index is 12.5. The second-order valence-electron chi connectivity index (χ2n) is 7.29. The SMILES string of the molecule is CC(=O)Nc1ccc(NC(=O)NCCCN2C(=O)NC3(CCCC3)C2=O)c(Cl)c1. The Bertz CT molecular complexity index is 838. The second kappa shape index (κ2) is 8.69. The highest BCUT2D eigenvalue weighted by Gasteiger charge is 2.51. The third-order valence-electron chi connectivity index (χ3n) is 5.08. The van der Waals surface area contributed by atoms with Crippen molar-refractivity contribution in [1.82, 2.24) is 15.5 Å². The monoisotopic (exact) mass is 421 g/mol. The number of benzene rings is 1. The molecule has 10 heteroatoms. The Morgan fingerprint density at radius 3 is 2.59 bits per heavy atom. The van der Waals surface area contributed by atoms with E-state index in [4.69, 9.17) is 11.6 Å². The molecule has 2 fully saturated rings. The Labute approximate surface area is 173 Å². The minimum Gasteiger partial charge on any atom is -0.338 e. The highest BCUT2D eigenvalue weighted by atomic mass is 35.5. The van der Waals surface area contributed by atoms with Gasteiger partial charge in [-0.2, -0.15) is 0 Å². The van der Waals surface area contributed by atoms with Gasteiger partial charge in [0.1, 0.15) is 5.54 Å². The van der Waals surface area contributed by atoms with Crippen LogP contribution in [0.15, 0.2) is 18.2 Å². The summed E-state index contributed by atoms with van der Waals surface area (Å²) in [7, 11) is 0. The van der Waals surface area contributed by atoms with Gasteiger partial charge in [0.05, 0.1) is 10.7 Å². The quantitative estimate of drug-likeness (QED) is 0.417. The average Bonchev–Trinajstić information content (AvgIpc) is 3.20. The highest BCUT2D eigenvalue weighted by Crippen LogP contribution is 2.35. The first-order valence-corrected chi connectivity index (χ1v) is 9.95. The van der Waals surface area contributed by atoms with Crippen LogP contribution in [0.2, 0.25) is 5.02 Å². The van der Waals surface area contributed by atoms with Gasteiger partial charge < -0.3 is 21.3 Å². The standard InChI is InChI=1S/C19H24ClN5O4/c1-12(26)22-13-5-6-15(14(20)11-13)23-17(28)21-9-4-10-25-16(27)19(24-18(25)29)7-2-3-8-19/h5-6,11H,2-4,7-10H2,1H3,(H,22,26)(H,24,29)(H2,21,23,28). The molecule has 29 heavy (non-hydrogen) atoms. The fourth-order valence-electron chi connectivity index (χ4n) is 3.70. The van der Waals surface area contributed by atoms with Crippen molar-refractivity contribution in [2.75, 3.05) is 23.7 Å². The zero-order chi connectivity index (χ0) is 21.0. The van der Waals surface area contributed by atoms with E-state index in [1.165, 1.54) is 17.9 Å². The number of imide groups is 1. The molecule has 1 heterocycles. The Morgan fingerprint density at radius 1 is 1.21 bits per heavy atom. The summed E-state index contributed by atoms with van der Waals surface area (Å²) in [6.45, 7) is 1.93. The minimum absolute atomic E-state index is 0.157. The second-order valence-corrected chi connectivity index (χ2v) is 7.69. The first-order chi connectivity index (χ1) is 13.8. The maximum absolute atomic E-state index is 12.5. The summed E-state index contributed by atoms with van der Waals surface area (Å²) in [4.78, 5) is 49.0. The largest absolute Gasteiger partial charge is 0.338 e. The predicted octanol–water partition coefficient (Wildman–Crippen LogP) is 2.67. The molecule has 1 aromatic carbocycles. The first-order valence-electron chi connectivity index (χ1n) is 9.57. The molecule has 1 aliphatic heterocycles. The van der Waals surface area contributed by atoms with Crippen molar-refractivity contribution < 1.29 is 19.2 Å². The van der Waals surface area contributed by atoms with Gasteiger partial charge in [-0.05, 0) is 37.5 Å². The molecular weight excluding hydrogens is 398 g/mol. The van der Waals surface area contributed by atoms with E-state index in [1.54, 1.807) is 12.1 Å². The summed E-state index contributed by atoms with van der Waals surface area (Å²) in [5.74, 6) is -0.376. The molecule has 9 nitrogen and oxygen atoms in total. The van der Waals surface area contributed by atoms with Gasteiger partial charge in [0.2, 0.25) is 5.91 Å². The van der Waals surface area contributed by atoms with Crippen LogP contribution in [0.3, 0.4) is 0 Å². The van der Waals surface area contributed by atoms with Crippen LogP contribution in [0.4, 0.5) is 21.0 Å². The van der Waals surface area contributed by atoms with Crippen LogP contribution in [0, 0.1) is 0 Å². The minimum atomic E-state index is -0.706. The van der Waals surface area contributed by atoms with Crippen molar-refractivity contribution in [1.29, 1.82) is 0 Å². The van der Waals surface area contributed by atoms with Gasteiger partial charge in [0.15, 0.2) is 0 Å². The molecule has 2 aliphatic rings. The van der Waals surface area contributed by atoms with E-state index < -0.39 is 11.6 Å². The van der Waals surface area contributed by atoms with Gasteiger partial charge >= 0.3 is 12.1 Å². The number of carbonyl (C=O) groups excluding carboxylic acids is 4. The third kappa shape index (κ3) is 4.79. The van der Waals surface area contributed by atoms with Crippen LogP contribution in [-0.4, -0.2) is 47.4 Å². The molecule has 0 unspecified atom stereocenters. The molecule has 4 N–H and O–H groups in total. The van der Waals surface area contributed by atoms with E-state index in [1.807, 2.05) is 0 Å². The lowest BCUT2D eigenvalue weighted by Crippen LogP contribution is -2.44. The van der Waals surface area contributed by atoms with Gasteiger partial charge in [0, 0.05) is 25.7 Å². The van der Waals surface area contributed by atoms with E-state index in [0.29, 0.717) is 30.6 Å². The van der Waals surface area contributed by atoms with E-state index in [2.05, 4.69) is 21.3 Å². The van der Waals surface area contributed by atoms with Crippen LogP contribution in [0.5, 0.6) is 0 Å². The van der Waals surface area contributed by atoms with Crippen molar-refractivity contribution in [3.05, 3.63) is 23.2 Å². The zero-order valence-electron chi connectivity index (χ0n) is 16.1. The van der Waals surface area contributed by atoms with E-state index in [9.17, 15) is 19.2 Å². The molecule has 0 bridgehead atoms. The van der Waals surface area contributed by atoms with Gasteiger partial charge in [-0.15, -0.1) is 0 Å². The molecule has 3 rings (SSSR count). The van der Waals surface area contributed by atoms with Crippen LogP contribution in [0.1, 0.15) is 39.0 Å². The van der Waals surface area contributed by atoms with Gasteiger partial charge in [-0.3, -0.25) is 14.5 Å². The Kier molecular flexibility index (Phi) is 6.26. The van der Waals surface area contributed by atoms with Gasteiger partial charge in [-0.1, -0.05) is 24.4 Å². The molecule has 1 spiro atoms. The summed E-state index contributed by atoms with van der Waals surface area (Å²) in [6.07, 6.45) is 3.70. The normalized spacial score (nSPS) is 17.4. The van der Waals surface area contributed by atoms with Crippen molar-refractivity contribution in [2.45, 2.75) is 44.6 Å². The molecule has 0 aromatic heterocycles. The molecule has 1 saturated carbocycles. The molecule has 1 aliphatic carbocycles. The number of amides is 6. The lowest BCUT2D eigenvalue weighted by atomic mass is 9.98. The fraction of sp³-hybridized carbons (Fsp3) is 0.474. The third-order valence-corrected chi connectivity index (χ3v) is 5.40. The summed E-state index contributed by atoms with van der Waals surface area (Å²) < 4.78 is 0. The number of hydrogen-bond acceptors (Lipinski definition) is 4. The van der Waals surface area contributed by atoms with Crippen molar-refractivity contribution >= 4 is 46.9 Å². The number of anilines is 2. The van der Waals surface area contributed by atoms with Crippen LogP contribution in [-0.2, 0) is 9.59 Å². The number of nitrogens with one attached hydrogen (secondary N) is 4. The predicted molar refractivity (Wildman–Crippen MR) is 109 cm³/mol. The number of carbonyl (C=O) groups is 4. The molecular formula is C19H24ClN5O4. The Balaban J connectivity index is 1.43. The van der Waals surface area contributed by atoms with Crippen molar-refractivity contribution in [2.24, 2.45) is 0 Å².